The summed E-state index contributed by atoms with van der Waals surface area (Å²) in [4.78, 5) is 12.0. The first kappa shape index (κ1) is 15.5. The van der Waals surface area contributed by atoms with Crippen LogP contribution < -0.4 is 0 Å². The molecule has 0 aromatic carbocycles. The molecule has 0 aliphatic rings. The Bertz CT molecular complexity index is 597. The van der Waals surface area contributed by atoms with Gasteiger partial charge in [0, 0.05) is 0 Å². The van der Waals surface area contributed by atoms with E-state index in [9.17, 15) is 4.79 Å². The van der Waals surface area contributed by atoms with Gasteiger partial charge >= 0.3 is 5.97 Å². The lowest BCUT2D eigenvalue weighted by Crippen LogP contribution is -2.22. The Morgan fingerprint density at radius 3 is 2.80 bits per heavy atom. The van der Waals surface area contributed by atoms with Crippen LogP contribution in [0, 0.1) is 5.92 Å². The highest BCUT2D eigenvalue weighted by Gasteiger charge is 2.23. The summed E-state index contributed by atoms with van der Waals surface area (Å²) in [6, 6.07) is 3.81. The zero-order chi connectivity index (χ0) is 14.7. The van der Waals surface area contributed by atoms with Crippen LogP contribution in [-0.2, 0) is 10.5 Å². The van der Waals surface area contributed by atoms with Crippen LogP contribution in [0.2, 0.25) is 0 Å². The van der Waals surface area contributed by atoms with Crippen molar-refractivity contribution in [1.82, 2.24) is 10.2 Å². The van der Waals surface area contributed by atoms with Crippen molar-refractivity contribution in [3.8, 4) is 10.8 Å². The zero-order valence-corrected chi connectivity index (χ0v) is 14.1. The van der Waals surface area contributed by atoms with Gasteiger partial charge in [-0.25, -0.2) is 0 Å². The summed E-state index contributed by atoms with van der Waals surface area (Å²) in [5.74, 6) is 0.545. The van der Waals surface area contributed by atoms with Crippen LogP contribution in [0.3, 0.4) is 0 Å². The molecule has 0 saturated carbocycles. The largest absolute Gasteiger partial charge is 0.480 e. The predicted octanol–water partition coefficient (Wildman–Crippen LogP) is 3.90. The fourth-order valence-electron chi connectivity index (χ4n) is 1.55. The average molecular weight is 377 g/mol. The van der Waals surface area contributed by atoms with Gasteiger partial charge in [0.15, 0.2) is 0 Å². The number of nitrogens with zero attached hydrogens (tertiary/aromatic N) is 2. The lowest BCUT2D eigenvalue weighted by atomic mass is 10.1. The SMILES string of the molecule is CC(C)C(SCc1nnc(-c2ccc(Br)s2)o1)C(=O)O. The number of thioether (sulfide) groups is 1. The fourth-order valence-corrected chi connectivity index (χ4v) is 3.82. The lowest BCUT2D eigenvalue weighted by molar-refractivity contribution is -0.137. The third kappa shape index (κ3) is 3.83. The number of carboxylic acids is 1. The van der Waals surface area contributed by atoms with Gasteiger partial charge in [-0.2, -0.15) is 0 Å². The predicted molar refractivity (Wildman–Crippen MR) is 82.9 cm³/mol. The summed E-state index contributed by atoms with van der Waals surface area (Å²) in [6.45, 7) is 3.77. The van der Waals surface area contributed by atoms with Crippen LogP contribution in [0.1, 0.15) is 19.7 Å². The maximum Gasteiger partial charge on any atom is 0.316 e. The molecule has 108 valence electrons. The molecule has 0 fully saturated rings. The number of carbonyl (C=O) groups is 1. The quantitative estimate of drug-likeness (QED) is 0.823. The van der Waals surface area contributed by atoms with E-state index < -0.39 is 11.2 Å². The first-order valence-corrected chi connectivity index (χ1v) is 8.55. The number of hydrogen-bond acceptors (Lipinski definition) is 6. The van der Waals surface area contributed by atoms with Crippen molar-refractivity contribution in [1.29, 1.82) is 0 Å². The third-order valence-corrected chi connectivity index (χ3v) is 5.62. The summed E-state index contributed by atoms with van der Waals surface area (Å²) < 4.78 is 6.54. The van der Waals surface area contributed by atoms with E-state index in [1.165, 1.54) is 23.1 Å². The van der Waals surface area contributed by atoms with Gasteiger partial charge < -0.3 is 9.52 Å². The molecular weight excluding hydrogens is 364 g/mol. The third-order valence-electron chi connectivity index (χ3n) is 2.49. The van der Waals surface area contributed by atoms with E-state index >= 15 is 0 Å². The Balaban J connectivity index is 2.01. The number of hydrogen-bond donors (Lipinski definition) is 1. The summed E-state index contributed by atoms with van der Waals surface area (Å²) in [7, 11) is 0. The molecule has 2 aromatic rings. The molecule has 1 unspecified atom stereocenters. The Kier molecular flexibility index (Phi) is 5.22. The molecule has 8 heteroatoms. The minimum absolute atomic E-state index is 0.0492. The molecule has 0 bridgehead atoms. The Morgan fingerprint density at radius 2 is 2.25 bits per heavy atom. The van der Waals surface area contributed by atoms with E-state index in [0.717, 1.165) is 8.66 Å². The van der Waals surface area contributed by atoms with Crippen LogP contribution in [0.5, 0.6) is 0 Å². The number of rotatable bonds is 6. The molecule has 5 nitrogen and oxygen atoms in total. The van der Waals surface area contributed by atoms with Gasteiger partial charge in [0.05, 0.1) is 14.4 Å². The van der Waals surface area contributed by atoms with Crippen molar-refractivity contribution in [2.24, 2.45) is 5.92 Å². The smallest absolute Gasteiger partial charge is 0.316 e. The van der Waals surface area contributed by atoms with E-state index in [1.807, 2.05) is 26.0 Å². The van der Waals surface area contributed by atoms with E-state index in [1.54, 1.807) is 0 Å². The van der Waals surface area contributed by atoms with Gasteiger partial charge in [0.1, 0.15) is 5.25 Å². The van der Waals surface area contributed by atoms with Gasteiger partial charge in [-0.1, -0.05) is 13.8 Å². The fraction of sp³-hybridized carbons (Fsp3) is 0.417. The van der Waals surface area contributed by atoms with Crippen molar-refractivity contribution in [3.05, 3.63) is 21.8 Å². The number of thiophene rings is 1. The first-order valence-electron chi connectivity index (χ1n) is 5.90. The maximum atomic E-state index is 11.1. The molecule has 20 heavy (non-hydrogen) atoms. The summed E-state index contributed by atoms with van der Waals surface area (Å²) in [5, 5.41) is 16.6. The molecular formula is C12H13BrN2O3S2. The van der Waals surface area contributed by atoms with Crippen molar-refractivity contribution < 1.29 is 14.3 Å². The maximum absolute atomic E-state index is 11.1. The summed E-state index contributed by atoms with van der Waals surface area (Å²) >= 11 is 6.19. The highest BCUT2D eigenvalue weighted by Crippen LogP contribution is 2.31. The van der Waals surface area contributed by atoms with Crippen LogP contribution in [-0.4, -0.2) is 26.5 Å². The summed E-state index contributed by atoms with van der Waals surface area (Å²) in [6.07, 6.45) is 0. The van der Waals surface area contributed by atoms with Crippen molar-refractivity contribution >= 4 is 45.0 Å². The summed E-state index contributed by atoms with van der Waals surface area (Å²) in [5.41, 5.74) is 0. The van der Waals surface area contributed by atoms with Crippen molar-refractivity contribution in [3.63, 3.8) is 0 Å². The second kappa shape index (κ2) is 6.73. The van der Waals surface area contributed by atoms with Gasteiger partial charge in [0.2, 0.25) is 5.89 Å². The highest BCUT2D eigenvalue weighted by molar-refractivity contribution is 9.11. The standard InChI is InChI=1S/C12H13BrN2O3S2/c1-6(2)10(12(16)17)19-5-9-14-15-11(18-9)7-3-4-8(13)20-7/h3-4,6,10H,5H2,1-2H3,(H,16,17). The molecule has 0 saturated heterocycles. The van der Waals surface area contributed by atoms with Gasteiger partial charge in [0.25, 0.3) is 5.89 Å². The molecule has 1 N–H and O–H groups in total. The normalized spacial score (nSPS) is 12.8. The van der Waals surface area contributed by atoms with Crippen molar-refractivity contribution in [2.75, 3.05) is 0 Å². The molecule has 1 atom stereocenters. The van der Waals surface area contributed by atoms with Crippen LogP contribution >= 0.6 is 39.0 Å². The van der Waals surface area contributed by atoms with E-state index in [0.29, 0.717) is 17.5 Å². The van der Waals surface area contributed by atoms with Crippen molar-refractivity contribution in [2.45, 2.75) is 24.9 Å². The molecule has 2 rings (SSSR count). The number of aliphatic carboxylic acids is 1. The van der Waals surface area contributed by atoms with Crippen LogP contribution in [0.15, 0.2) is 20.3 Å². The monoisotopic (exact) mass is 376 g/mol. The molecule has 2 aromatic heterocycles. The molecule has 0 aliphatic carbocycles. The minimum atomic E-state index is -0.813. The highest BCUT2D eigenvalue weighted by atomic mass is 79.9. The van der Waals surface area contributed by atoms with Crippen LogP contribution in [0.4, 0.5) is 0 Å². The Labute approximate surface area is 132 Å². The Hall–Kier alpha value is -0.860. The molecule has 2 heterocycles. The number of halogens is 1. The van der Waals surface area contributed by atoms with Gasteiger partial charge in [-0.05, 0) is 34.0 Å². The molecule has 0 spiro atoms. The average Bonchev–Trinajstić information content (AvgIpc) is 2.97. The zero-order valence-electron chi connectivity index (χ0n) is 10.9. The van der Waals surface area contributed by atoms with Gasteiger partial charge in [-0.15, -0.1) is 33.3 Å². The lowest BCUT2D eigenvalue weighted by Gasteiger charge is -2.13. The van der Waals surface area contributed by atoms with Crippen LogP contribution in [0.25, 0.3) is 10.8 Å². The topological polar surface area (TPSA) is 76.2 Å². The first-order chi connectivity index (χ1) is 9.47. The number of aromatic nitrogens is 2. The Morgan fingerprint density at radius 1 is 1.50 bits per heavy atom. The molecule has 0 aliphatic heterocycles. The second-order valence-corrected chi connectivity index (χ2v) is 8.01. The van der Waals surface area contributed by atoms with Gasteiger partial charge in [-0.3, -0.25) is 4.79 Å². The second-order valence-electron chi connectivity index (χ2n) is 4.42. The number of carboxylic acid groups (broad SMARTS) is 1. The molecule has 0 amide bonds. The molecule has 0 radical (unpaired) electrons. The van der Waals surface area contributed by atoms with E-state index in [-0.39, 0.29) is 5.92 Å². The minimum Gasteiger partial charge on any atom is -0.480 e. The van der Waals surface area contributed by atoms with E-state index in [2.05, 4.69) is 26.1 Å². The van der Waals surface area contributed by atoms with E-state index in [4.69, 9.17) is 9.52 Å².